The van der Waals surface area contributed by atoms with Crippen LogP contribution in [0.15, 0.2) is 24.4 Å². The van der Waals surface area contributed by atoms with E-state index in [-0.39, 0.29) is 0 Å². The van der Waals surface area contributed by atoms with Crippen LogP contribution < -0.4 is 0 Å². The van der Waals surface area contributed by atoms with Crippen molar-refractivity contribution >= 4 is 34.1 Å². The summed E-state index contributed by atoms with van der Waals surface area (Å²) >= 11 is 12.1. The molecule has 0 spiro atoms. The van der Waals surface area contributed by atoms with E-state index in [0.29, 0.717) is 10.9 Å². The lowest BCUT2D eigenvalue weighted by molar-refractivity contribution is 0.535. The maximum atomic E-state index is 6.11. The largest absolute Gasteiger partial charge is 0.347 e. The molecule has 0 saturated heterocycles. The Labute approximate surface area is 99.6 Å². The Kier molecular flexibility index (Phi) is 2.94. The van der Waals surface area contributed by atoms with E-state index in [0.717, 1.165) is 22.5 Å². The lowest BCUT2D eigenvalue weighted by Crippen LogP contribution is -2.02. The van der Waals surface area contributed by atoms with Crippen molar-refractivity contribution in [2.75, 3.05) is 0 Å². The summed E-state index contributed by atoms with van der Waals surface area (Å²) in [6.07, 6.45) is 2.06. The molecular formula is C12H13Cl2N. The first-order valence-corrected chi connectivity index (χ1v) is 5.77. The van der Waals surface area contributed by atoms with Crippen LogP contribution in [0.1, 0.15) is 13.8 Å². The van der Waals surface area contributed by atoms with E-state index >= 15 is 0 Å². The van der Waals surface area contributed by atoms with E-state index in [2.05, 4.69) is 24.6 Å². The van der Waals surface area contributed by atoms with Crippen LogP contribution in [0.25, 0.3) is 10.9 Å². The molecule has 15 heavy (non-hydrogen) atoms. The van der Waals surface area contributed by atoms with Gasteiger partial charge in [-0.3, -0.25) is 0 Å². The fourth-order valence-electron chi connectivity index (χ4n) is 1.77. The van der Waals surface area contributed by atoms with Gasteiger partial charge in [-0.2, -0.15) is 0 Å². The maximum absolute atomic E-state index is 6.11. The van der Waals surface area contributed by atoms with Gasteiger partial charge in [-0.15, -0.1) is 0 Å². The molecule has 80 valence electrons. The molecule has 0 saturated carbocycles. The molecule has 1 nitrogen and oxygen atoms in total. The fraction of sp³-hybridized carbons (Fsp3) is 0.333. The molecular weight excluding hydrogens is 229 g/mol. The van der Waals surface area contributed by atoms with Gasteiger partial charge in [0.15, 0.2) is 0 Å². The SMILES string of the molecule is CC(C)Cn1ccc2c(Cl)cc(Cl)cc21. The van der Waals surface area contributed by atoms with E-state index < -0.39 is 0 Å². The topological polar surface area (TPSA) is 4.93 Å². The number of hydrogen-bond acceptors (Lipinski definition) is 0. The van der Waals surface area contributed by atoms with Crippen molar-refractivity contribution < 1.29 is 0 Å². The highest BCUT2D eigenvalue weighted by atomic mass is 35.5. The molecule has 1 aromatic carbocycles. The predicted octanol–water partition coefficient (Wildman–Crippen LogP) is 4.60. The van der Waals surface area contributed by atoms with Crippen LogP contribution in [0.3, 0.4) is 0 Å². The van der Waals surface area contributed by atoms with Gasteiger partial charge in [0.05, 0.1) is 10.5 Å². The summed E-state index contributed by atoms with van der Waals surface area (Å²) in [5.74, 6) is 0.610. The molecule has 3 heteroatoms. The summed E-state index contributed by atoms with van der Waals surface area (Å²) in [6.45, 7) is 5.37. The molecule has 1 aromatic heterocycles. The molecule has 1 heterocycles. The number of benzene rings is 1. The molecule has 2 rings (SSSR count). The highest BCUT2D eigenvalue weighted by Gasteiger charge is 2.07. The molecule has 0 fully saturated rings. The lowest BCUT2D eigenvalue weighted by Gasteiger charge is -2.08. The Bertz CT molecular complexity index is 486. The number of nitrogens with zero attached hydrogens (tertiary/aromatic N) is 1. The second-order valence-corrected chi connectivity index (χ2v) is 5.03. The monoisotopic (exact) mass is 241 g/mol. The van der Waals surface area contributed by atoms with Gasteiger partial charge in [0.2, 0.25) is 0 Å². The van der Waals surface area contributed by atoms with Gasteiger partial charge in [-0.25, -0.2) is 0 Å². The quantitative estimate of drug-likeness (QED) is 0.725. The fourth-order valence-corrected chi connectivity index (χ4v) is 2.32. The highest BCUT2D eigenvalue weighted by Crippen LogP contribution is 2.29. The molecule has 0 radical (unpaired) electrons. The Morgan fingerprint density at radius 1 is 1.27 bits per heavy atom. The maximum Gasteiger partial charge on any atom is 0.0514 e. The van der Waals surface area contributed by atoms with Gasteiger partial charge in [-0.1, -0.05) is 37.0 Å². The first-order valence-electron chi connectivity index (χ1n) is 5.02. The van der Waals surface area contributed by atoms with Crippen LogP contribution in [-0.2, 0) is 6.54 Å². The van der Waals surface area contributed by atoms with Gasteiger partial charge >= 0.3 is 0 Å². The molecule has 0 aliphatic rings. The van der Waals surface area contributed by atoms with Crippen molar-refractivity contribution in [2.45, 2.75) is 20.4 Å². The van der Waals surface area contributed by atoms with Crippen LogP contribution in [-0.4, -0.2) is 4.57 Å². The zero-order valence-electron chi connectivity index (χ0n) is 8.80. The minimum Gasteiger partial charge on any atom is -0.347 e. The summed E-state index contributed by atoms with van der Waals surface area (Å²) in [6, 6.07) is 5.78. The van der Waals surface area contributed by atoms with Crippen LogP contribution in [0, 0.1) is 5.92 Å². The van der Waals surface area contributed by atoms with Gasteiger partial charge in [0, 0.05) is 23.2 Å². The van der Waals surface area contributed by atoms with Crippen LogP contribution in [0.2, 0.25) is 10.0 Å². The number of aromatic nitrogens is 1. The van der Waals surface area contributed by atoms with E-state index in [1.54, 1.807) is 6.07 Å². The normalized spacial score (nSPS) is 11.5. The van der Waals surface area contributed by atoms with E-state index in [4.69, 9.17) is 23.2 Å². The van der Waals surface area contributed by atoms with Crippen LogP contribution in [0.4, 0.5) is 0 Å². The molecule has 0 amide bonds. The second kappa shape index (κ2) is 4.07. The predicted molar refractivity (Wildman–Crippen MR) is 66.8 cm³/mol. The molecule has 0 bridgehead atoms. The van der Waals surface area contributed by atoms with Crippen molar-refractivity contribution in [1.82, 2.24) is 4.57 Å². The van der Waals surface area contributed by atoms with Crippen molar-refractivity contribution in [1.29, 1.82) is 0 Å². The summed E-state index contributed by atoms with van der Waals surface area (Å²) in [5, 5.41) is 2.48. The summed E-state index contributed by atoms with van der Waals surface area (Å²) in [7, 11) is 0. The Morgan fingerprint density at radius 2 is 2.00 bits per heavy atom. The summed E-state index contributed by atoms with van der Waals surface area (Å²) in [4.78, 5) is 0. The van der Waals surface area contributed by atoms with E-state index in [1.165, 1.54) is 0 Å². The third-order valence-corrected chi connectivity index (χ3v) is 2.90. The molecule has 0 unspecified atom stereocenters. The van der Waals surface area contributed by atoms with Gasteiger partial charge in [0.25, 0.3) is 0 Å². The van der Waals surface area contributed by atoms with Gasteiger partial charge in [0.1, 0.15) is 0 Å². The first-order chi connectivity index (χ1) is 7.08. The molecule has 0 N–H and O–H groups in total. The van der Waals surface area contributed by atoms with Crippen LogP contribution in [0.5, 0.6) is 0 Å². The highest BCUT2D eigenvalue weighted by molar-refractivity contribution is 6.38. The molecule has 0 atom stereocenters. The smallest absolute Gasteiger partial charge is 0.0514 e. The standard InChI is InChI=1S/C12H13Cl2N/c1-8(2)7-15-4-3-10-11(14)5-9(13)6-12(10)15/h3-6,8H,7H2,1-2H3. The third-order valence-electron chi connectivity index (χ3n) is 2.36. The van der Waals surface area contributed by atoms with Gasteiger partial charge in [-0.05, 0) is 24.1 Å². The van der Waals surface area contributed by atoms with Crippen molar-refractivity contribution in [2.24, 2.45) is 5.92 Å². The number of halogens is 2. The average molecular weight is 242 g/mol. The molecule has 0 aliphatic carbocycles. The Balaban J connectivity index is 2.58. The minimum atomic E-state index is 0.610. The lowest BCUT2D eigenvalue weighted by atomic mass is 10.2. The third kappa shape index (κ3) is 2.14. The first kappa shape index (κ1) is 10.8. The second-order valence-electron chi connectivity index (χ2n) is 4.18. The van der Waals surface area contributed by atoms with E-state index in [1.807, 2.05) is 12.1 Å². The zero-order chi connectivity index (χ0) is 11.0. The number of hydrogen-bond donors (Lipinski definition) is 0. The minimum absolute atomic E-state index is 0.610. The van der Waals surface area contributed by atoms with Crippen molar-refractivity contribution in [3.05, 3.63) is 34.4 Å². The van der Waals surface area contributed by atoms with Crippen molar-refractivity contribution in [3.63, 3.8) is 0 Å². The Morgan fingerprint density at radius 3 is 2.67 bits per heavy atom. The zero-order valence-corrected chi connectivity index (χ0v) is 10.3. The number of rotatable bonds is 2. The number of fused-ring (bicyclic) bond motifs is 1. The molecule has 2 aromatic rings. The van der Waals surface area contributed by atoms with Crippen LogP contribution >= 0.6 is 23.2 Å². The summed E-state index contributed by atoms with van der Waals surface area (Å²) in [5.41, 5.74) is 1.11. The average Bonchev–Trinajstić information content (AvgIpc) is 2.48. The van der Waals surface area contributed by atoms with E-state index in [9.17, 15) is 0 Å². The summed E-state index contributed by atoms with van der Waals surface area (Å²) < 4.78 is 2.19. The van der Waals surface area contributed by atoms with Crippen molar-refractivity contribution in [3.8, 4) is 0 Å². The Hall–Kier alpha value is -0.660. The van der Waals surface area contributed by atoms with Gasteiger partial charge < -0.3 is 4.57 Å². The molecule has 0 aliphatic heterocycles.